The van der Waals surface area contributed by atoms with Gasteiger partial charge >= 0.3 is 0 Å². The lowest BCUT2D eigenvalue weighted by molar-refractivity contribution is 0.824. The van der Waals surface area contributed by atoms with Gasteiger partial charge in [0.15, 0.2) is 0 Å². The average Bonchev–Trinajstić information content (AvgIpc) is 1.90. The molecule has 0 saturated carbocycles. The lowest BCUT2D eigenvalue weighted by atomic mass is 10.2. The highest BCUT2D eigenvalue weighted by Gasteiger charge is 1.82. The zero-order valence-corrected chi connectivity index (χ0v) is 5.62. The van der Waals surface area contributed by atoms with E-state index in [0.29, 0.717) is 0 Å². The van der Waals surface area contributed by atoms with Crippen LogP contribution in [0.5, 0.6) is 0 Å². The molecule has 3 N–H and O–H groups in total. The van der Waals surface area contributed by atoms with Gasteiger partial charge in [-0.3, -0.25) is 5.48 Å². The molecule has 0 aromatic heterocycles. The van der Waals surface area contributed by atoms with Crippen LogP contribution in [0, 0.1) is 0 Å². The van der Waals surface area contributed by atoms with Crippen molar-refractivity contribution in [3.63, 3.8) is 0 Å². The molecule has 2 heteroatoms. The molecule has 2 nitrogen and oxygen atoms in total. The fourth-order valence-corrected chi connectivity index (χ4v) is 0.632. The van der Waals surface area contributed by atoms with Crippen molar-refractivity contribution >= 4 is 11.8 Å². The van der Waals surface area contributed by atoms with Crippen LogP contribution in [-0.2, 0) is 0 Å². The van der Waals surface area contributed by atoms with Gasteiger partial charge in [0.2, 0.25) is 0 Å². The second-order valence-electron chi connectivity index (χ2n) is 1.87. The molecular weight excluding hydrogens is 126 g/mol. The Balaban J connectivity index is 0.000000810. The monoisotopic (exact) mass is 136 g/mol. The van der Waals surface area contributed by atoms with Crippen molar-refractivity contribution in [3.05, 3.63) is 36.4 Å². The third-order valence-corrected chi connectivity index (χ3v) is 1.17. The molecule has 1 aromatic rings. The smallest absolute Gasteiger partial charge is 0.0314 e. The van der Waals surface area contributed by atoms with E-state index in [1.54, 1.807) is 6.08 Å². The Labute approximate surface area is 60.3 Å². The summed E-state index contributed by atoms with van der Waals surface area (Å²) in [5.74, 6) is 0. The molecule has 0 bridgehead atoms. The van der Waals surface area contributed by atoms with E-state index < -0.39 is 0 Å². The fraction of sp³-hybridized carbons (Fsp3) is 0. The van der Waals surface area contributed by atoms with Crippen molar-refractivity contribution in [1.29, 1.82) is 0 Å². The quantitative estimate of drug-likeness (QED) is 0.567. The summed E-state index contributed by atoms with van der Waals surface area (Å²) in [6.45, 7) is 3.62. The van der Waals surface area contributed by atoms with Crippen molar-refractivity contribution in [2.75, 3.05) is 5.73 Å². The minimum absolute atomic E-state index is 0. The molecule has 10 heavy (non-hydrogen) atoms. The maximum Gasteiger partial charge on any atom is 0.0314 e. The first-order valence-corrected chi connectivity index (χ1v) is 2.81. The van der Waals surface area contributed by atoms with E-state index >= 15 is 0 Å². The molecule has 1 aromatic carbocycles. The summed E-state index contributed by atoms with van der Waals surface area (Å²) < 4.78 is 0. The number of nitrogens with two attached hydrogens (primary N) is 1. The Morgan fingerprint density at radius 2 is 1.70 bits per heavy atom. The van der Waals surface area contributed by atoms with Crippen LogP contribution >= 0.6 is 0 Å². The summed E-state index contributed by atoms with van der Waals surface area (Å²) in [6, 6.07) is 7.58. The van der Waals surface area contributed by atoms with E-state index in [1.165, 1.54) is 0 Å². The highest BCUT2D eigenvalue weighted by molar-refractivity contribution is 5.51. The second kappa shape index (κ2) is 3.69. The minimum Gasteiger partial charge on any atom is -0.399 e. The Bertz CT molecular complexity index is 203. The SMILES string of the molecule is C=Cc1ccc(N)cc1.[OH]. The zero-order chi connectivity index (χ0) is 6.69. The predicted octanol–water partition coefficient (Wildman–Crippen LogP) is 1.74. The van der Waals surface area contributed by atoms with Gasteiger partial charge in [-0.1, -0.05) is 24.8 Å². The first-order valence-electron chi connectivity index (χ1n) is 2.81. The molecule has 0 spiro atoms. The lowest BCUT2D eigenvalue weighted by Crippen LogP contribution is -1.81. The Hall–Kier alpha value is -1.28. The van der Waals surface area contributed by atoms with Gasteiger partial charge in [-0.2, -0.15) is 0 Å². The number of nitrogen functional groups attached to an aromatic ring is 1. The van der Waals surface area contributed by atoms with Crippen molar-refractivity contribution in [2.24, 2.45) is 0 Å². The Kier molecular flexibility index (Phi) is 3.22. The first kappa shape index (κ1) is 8.72. The molecule has 1 radical (unpaired) electrons. The van der Waals surface area contributed by atoms with E-state index in [9.17, 15) is 0 Å². The summed E-state index contributed by atoms with van der Waals surface area (Å²) >= 11 is 0. The van der Waals surface area contributed by atoms with Crippen LogP contribution < -0.4 is 5.73 Å². The molecule has 0 saturated heterocycles. The number of benzene rings is 1. The third kappa shape index (κ3) is 1.91. The topological polar surface area (TPSA) is 56.0 Å². The van der Waals surface area contributed by atoms with E-state index in [1.807, 2.05) is 24.3 Å². The summed E-state index contributed by atoms with van der Waals surface area (Å²) in [5, 5.41) is 0. The average molecular weight is 136 g/mol. The van der Waals surface area contributed by atoms with E-state index in [4.69, 9.17) is 5.73 Å². The van der Waals surface area contributed by atoms with Gasteiger partial charge in [0, 0.05) is 5.69 Å². The summed E-state index contributed by atoms with van der Waals surface area (Å²) in [7, 11) is 0. The van der Waals surface area contributed by atoms with E-state index in [2.05, 4.69) is 6.58 Å². The molecular formula is C8H10NO. The predicted molar refractivity (Wildman–Crippen MR) is 42.9 cm³/mol. The molecule has 0 amide bonds. The molecule has 0 aliphatic heterocycles. The highest BCUT2D eigenvalue weighted by atomic mass is 16.0. The van der Waals surface area contributed by atoms with Crippen molar-refractivity contribution in [1.82, 2.24) is 0 Å². The van der Waals surface area contributed by atoms with Gasteiger partial charge < -0.3 is 5.73 Å². The fourth-order valence-electron chi connectivity index (χ4n) is 0.632. The largest absolute Gasteiger partial charge is 0.399 e. The van der Waals surface area contributed by atoms with Gasteiger partial charge in [0.1, 0.15) is 0 Å². The standard InChI is InChI=1S/C8H9N.HO/c1-2-7-3-5-8(9)6-4-7;/h2-6H,1,9H2;1H. The summed E-state index contributed by atoms with van der Waals surface area (Å²) in [5.41, 5.74) is 7.34. The van der Waals surface area contributed by atoms with Crippen LogP contribution in [0.1, 0.15) is 5.56 Å². The van der Waals surface area contributed by atoms with Crippen LogP contribution in [0.4, 0.5) is 5.69 Å². The third-order valence-electron chi connectivity index (χ3n) is 1.17. The molecule has 0 aliphatic rings. The lowest BCUT2D eigenvalue weighted by Gasteiger charge is -1.91. The number of hydrogen-bond donors (Lipinski definition) is 2. The summed E-state index contributed by atoms with van der Waals surface area (Å²) in [4.78, 5) is 0. The normalized spacial score (nSPS) is 8.00. The molecule has 0 atom stereocenters. The van der Waals surface area contributed by atoms with Crippen LogP contribution in [0.25, 0.3) is 6.08 Å². The number of anilines is 1. The van der Waals surface area contributed by atoms with Crippen LogP contribution in [0.15, 0.2) is 30.8 Å². The van der Waals surface area contributed by atoms with Gasteiger partial charge in [0.05, 0.1) is 0 Å². The molecule has 0 unspecified atom stereocenters. The molecule has 0 fully saturated rings. The van der Waals surface area contributed by atoms with Crippen molar-refractivity contribution in [3.8, 4) is 0 Å². The number of rotatable bonds is 1. The first-order chi connectivity index (χ1) is 4.33. The molecule has 53 valence electrons. The van der Waals surface area contributed by atoms with Crippen molar-refractivity contribution in [2.45, 2.75) is 0 Å². The maximum atomic E-state index is 5.45. The highest BCUT2D eigenvalue weighted by Crippen LogP contribution is 2.05. The summed E-state index contributed by atoms with van der Waals surface area (Å²) in [6.07, 6.45) is 1.79. The van der Waals surface area contributed by atoms with Gasteiger partial charge in [0.25, 0.3) is 0 Å². The van der Waals surface area contributed by atoms with Crippen LogP contribution in [0.3, 0.4) is 0 Å². The van der Waals surface area contributed by atoms with Crippen LogP contribution in [0.2, 0.25) is 0 Å². The number of hydrogen-bond acceptors (Lipinski definition) is 1. The molecule has 1 rings (SSSR count). The zero-order valence-electron chi connectivity index (χ0n) is 5.62. The van der Waals surface area contributed by atoms with Gasteiger partial charge in [-0.25, -0.2) is 0 Å². The minimum atomic E-state index is 0. The molecule has 0 aliphatic carbocycles. The molecule has 0 heterocycles. The second-order valence-corrected chi connectivity index (χ2v) is 1.87. The van der Waals surface area contributed by atoms with Crippen LogP contribution in [-0.4, -0.2) is 5.48 Å². The van der Waals surface area contributed by atoms with Gasteiger partial charge in [-0.05, 0) is 17.7 Å². The van der Waals surface area contributed by atoms with Gasteiger partial charge in [-0.15, -0.1) is 0 Å². The van der Waals surface area contributed by atoms with E-state index in [-0.39, 0.29) is 5.48 Å². The van der Waals surface area contributed by atoms with Crippen molar-refractivity contribution < 1.29 is 5.48 Å². The Morgan fingerprint density at radius 3 is 2.10 bits per heavy atom. The maximum absolute atomic E-state index is 5.45. The Morgan fingerprint density at radius 1 is 1.20 bits per heavy atom. The van der Waals surface area contributed by atoms with E-state index in [0.717, 1.165) is 11.3 Å².